The zero-order valence-electron chi connectivity index (χ0n) is 5.08. The van der Waals surface area contributed by atoms with Crippen molar-refractivity contribution < 1.29 is 0 Å². The molecule has 0 aliphatic rings. The van der Waals surface area contributed by atoms with E-state index in [2.05, 4.69) is 33.6 Å². The lowest BCUT2D eigenvalue weighted by Gasteiger charge is -1.89. The Labute approximate surface area is 72.0 Å². The summed E-state index contributed by atoms with van der Waals surface area (Å²) in [5, 5.41) is 0. The second-order valence-corrected chi connectivity index (χ2v) is 3.04. The van der Waals surface area contributed by atoms with Crippen molar-refractivity contribution in [3.63, 3.8) is 0 Å². The van der Waals surface area contributed by atoms with Crippen LogP contribution in [0.2, 0.25) is 0 Å². The van der Waals surface area contributed by atoms with Gasteiger partial charge in [-0.05, 0) is 40.8 Å². The van der Waals surface area contributed by atoms with Crippen LogP contribution < -0.4 is 0 Å². The Morgan fingerprint density at radius 3 is 3.30 bits per heavy atom. The second-order valence-electron chi connectivity index (χ2n) is 1.94. The van der Waals surface area contributed by atoms with E-state index in [4.69, 9.17) is 0 Å². The summed E-state index contributed by atoms with van der Waals surface area (Å²) in [6.07, 6.45) is 3.72. The van der Waals surface area contributed by atoms with E-state index < -0.39 is 0 Å². The van der Waals surface area contributed by atoms with Crippen LogP contribution in [0.3, 0.4) is 0 Å². The fourth-order valence-electron chi connectivity index (χ4n) is 0.845. The second kappa shape index (κ2) is 2.23. The molecular formula is C7H4IN2. The highest BCUT2D eigenvalue weighted by Crippen LogP contribution is 2.06. The monoisotopic (exact) mass is 243 g/mol. The van der Waals surface area contributed by atoms with Gasteiger partial charge in [0, 0.05) is 6.20 Å². The van der Waals surface area contributed by atoms with Crippen LogP contribution in [0.5, 0.6) is 0 Å². The molecule has 0 aliphatic carbocycles. The normalized spacial score (nSPS) is 10.5. The molecule has 0 atom stereocenters. The quantitative estimate of drug-likeness (QED) is 0.644. The molecule has 2 aromatic heterocycles. The number of hydrogen-bond donors (Lipinski definition) is 0. The van der Waals surface area contributed by atoms with Gasteiger partial charge in [0.05, 0.1) is 6.20 Å². The third kappa shape index (κ3) is 0.811. The largest absolute Gasteiger partial charge is 0.294 e. The van der Waals surface area contributed by atoms with Crippen molar-refractivity contribution in [2.45, 2.75) is 0 Å². The van der Waals surface area contributed by atoms with Crippen LogP contribution in [0.25, 0.3) is 5.65 Å². The molecule has 2 rings (SSSR count). The van der Waals surface area contributed by atoms with E-state index >= 15 is 0 Å². The molecule has 2 heterocycles. The lowest BCUT2D eigenvalue weighted by molar-refractivity contribution is 1.15. The van der Waals surface area contributed by atoms with E-state index in [1.54, 1.807) is 0 Å². The third-order valence-corrected chi connectivity index (χ3v) is 2.11. The first-order valence-corrected chi connectivity index (χ1v) is 3.94. The molecule has 0 aromatic carbocycles. The van der Waals surface area contributed by atoms with E-state index in [0.29, 0.717) is 0 Å². The van der Waals surface area contributed by atoms with Gasteiger partial charge in [-0.1, -0.05) is 0 Å². The highest BCUT2D eigenvalue weighted by Gasteiger charge is 1.95. The number of rotatable bonds is 0. The number of pyridine rings is 1. The molecule has 1 radical (unpaired) electrons. The summed E-state index contributed by atoms with van der Waals surface area (Å²) in [6, 6.07) is 6.77. The van der Waals surface area contributed by atoms with Crippen molar-refractivity contribution in [1.29, 1.82) is 0 Å². The highest BCUT2D eigenvalue weighted by molar-refractivity contribution is 14.1. The number of imidazole rings is 1. The fourth-order valence-corrected chi connectivity index (χ4v) is 1.37. The van der Waals surface area contributed by atoms with Crippen LogP contribution in [0, 0.1) is 9.77 Å². The molecule has 0 amide bonds. The standard InChI is InChI=1S/C7H4IN2/c8-6-5-9-7-3-1-2-4-10(6)7/h1,3-5H. The fraction of sp³-hybridized carbons (Fsp3) is 0. The molecule has 0 unspecified atom stereocenters. The lowest BCUT2D eigenvalue weighted by atomic mass is 10.5. The molecule has 0 aliphatic heterocycles. The van der Waals surface area contributed by atoms with Gasteiger partial charge < -0.3 is 0 Å². The first kappa shape index (κ1) is 6.15. The molecule has 0 fully saturated rings. The van der Waals surface area contributed by atoms with E-state index in [-0.39, 0.29) is 0 Å². The van der Waals surface area contributed by atoms with Crippen LogP contribution in [0.4, 0.5) is 0 Å². The topological polar surface area (TPSA) is 17.3 Å². The maximum absolute atomic E-state index is 4.15. The predicted molar refractivity (Wildman–Crippen MR) is 46.7 cm³/mol. The van der Waals surface area contributed by atoms with Gasteiger partial charge in [0.1, 0.15) is 9.35 Å². The molecule has 0 spiro atoms. The minimum atomic E-state index is 0.975. The van der Waals surface area contributed by atoms with Crippen molar-refractivity contribution in [1.82, 2.24) is 9.38 Å². The number of fused-ring (bicyclic) bond motifs is 1. The highest BCUT2D eigenvalue weighted by atomic mass is 127. The number of aromatic nitrogens is 2. The van der Waals surface area contributed by atoms with Gasteiger partial charge in [-0.25, -0.2) is 4.98 Å². The Morgan fingerprint density at radius 2 is 2.50 bits per heavy atom. The van der Waals surface area contributed by atoms with Gasteiger partial charge in [-0.15, -0.1) is 0 Å². The first-order chi connectivity index (χ1) is 4.88. The smallest absolute Gasteiger partial charge is 0.137 e. The molecular weight excluding hydrogens is 239 g/mol. The van der Waals surface area contributed by atoms with Crippen LogP contribution in [0.15, 0.2) is 24.5 Å². The average Bonchev–Trinajstić information content (AvgIpc) is 2.34. The summed E-state index contributed by atoms with van der Waals surface area (Å²) in [6.45, 7) is 0. The van der Waals surface area contributed by atoms with Crippen molar-refractivity contribution in [2.75, 3.05) is 0 Å². The van der Waals surface area contributed by atoms with Crippen LogP contribution in [0.1, 0.15) is 0 Å². The van der Waals surface area contributed by atoms with E-state index in [9.17, 15) is 0 Å². The summed E-state index contributed by atoms with van der Waals surface area (Å²) in [5.74, 6) is 0. The van der Waals surface area contributed by atoms with Crippen molar-refractivity contribution in [3.8, 4) is 0 Å². The van der Waals surface area contributed by atoms with Crippen LogP contribution >= 0.6 is 22.6 Å². The summed E-state index contributed by atoms with van der Waals surface area (Å²) in [7, 11) is 0. The maximum atomic E-state index is 4.15. The van der Waals surface area contributed by atoms with E-state index in [0.717, 1.165) is 9.35 Å². The summed E-state index contributed by atoms with van der Waals surface area (Å²) < 4.78 is 3.10. The molecule has 10 heavy (non-hydrogen) atoms. The minimum Gasteiger partial charge on any atom is -0.294 e. The summed E-state index contributed by atoms with van der Waals surface area (Å²) in [4.78, 5) is 4.15. The van der Waals surface area contributed by atoms with Crippen molar-refractivity contribution in [3.05, 3.63) is 34.3 Å². The van der Waals surface area contributed by atoms with Gasteiger partial charge >= 0.3 is 0 Å². The molecule has 2 aromatic rings. The number of hydrogen-bond acceptors (Lipinski definition) is 1. The first-order valence-electron chi connectivity index (χ1n) is 2.86. The van der Waals surface area contributed by atoms with Crippen molar-refractivity contribution in [2.24, 2.45) is 0 Å². The Kier molecular flexibility index (Phi) is 1.37. The predicted octanol–water partition coefficient (Wildman–Crippen LogP) is 1.74. The average molecular weight is 243 g/mol. The van der Waals surface area contributed by atoms with Gasteiger partial charge in [0.25, 0.3) is 0 Å². The number of nitrogens with zero attached hydrogens (tertiary/aromatic N) is 2. The van der Waals surface area contributed by atoms with E-state index in [1.165, 1.54) is 0 Å². The molecule has 0 saturated carbocycles. The zero-order valence-corrected chi connectivity index (χ0v) is 7.24. The lowest BCUT2D eigenvalue weighted by Crippen LogP contribution is -1.83. The summed E-state index contributed by atoms with van der Waals surface area (Å²) in [5.41, 5.74) is 0.975. The SMILES string of the molecule is Ic1cnc2cc[c]cn12. The maximum Gasteiger partial charge on any atom is 0.137 e. The van der Waals surface area contributed by atoms with Gasteiger partial charge in [-0.2, -0.15) is 0 Å². The zero-order chi connectivity index (χ0) is 6.97. The third-order valence-electron chi connectivity index (χ3n) is 1.31. The molecule has 0 bridgehead atoms. The van der Waals surface area contributed by atoms with Crippen molar-refractivity contribution >= 4 is 28.2 Å². The van der Waals surface area contributed by atoms with E-state index in [1.807, 2.05) is 28.9 Å². The Morgan fingerprint density at radius 1 is 1.60 bits per heavy atom. The van der Waals surface area contributed by atoms with Crippen LogP contribution in [-0.2, 0) is 0 Å². The van der Waals surface area contributed by atoms with Gasteiger partial charge in [0.2, 0.25) is 0 Å². The Bertz CT molecular complexity index is 353. The molecule has 0 saturated heterocycles. The Hall–Kier alpha value is -0.580. The number of halogens is 1. The molecule has 0 N–H and O–H groups in total. The summed E-state index contributed by atoms with van der Waals surface area (Å²) >= 11 is 2.23. The Balaban J connectivity index is 2.93. The molecule has 2 nitrogen and oxygen atoms in total. The van der Waals surface area contributed by atoms with Gasteiger partial charge in [0.15, 0.2) is 0 Å². The molecule has 3 heteroatoms. The van der Waals surface area contributed by atoms with Gasteiger partial charge in [-0.3, -0.25) is 4.40 Å². The van der Waals surface area contributed by atoms with Crippen LogP contribution in [-0.4, -0.2) is 9.38 Å². The minimum absolute atomic E-state index is 0.975. The molecule has 49 valence electrons.